The molecule has 3 aliphatic heterocycles. The number of nitrogens with zero attached hydrogens (tertiary/aromatic N) is 2. The van der Waals surface area contributed by atoms with Gasteiger partial charge in [-0.15, -0.1) is 0 Å². The highest BCUT2D eigenvalue weighted by Crippen LogP contribution is 2.32. The maximum absolute atomic E-state index is 13.0. The predicted octanol–water partition coefficient (Wildman–Crippen LogP) is 1.30. The maximum Gasteiger partial charge on any atom is 0.262 e. The highest BCUT2D eigenvalue weighted by atomic mass is 16.2. The van der Waals surface area contributed by atoms with Crippen molar-refractivity contribution in [1.82, 2.24) is 15.5 Å². The van der Waals surface area contributed by atoms with Gasteiger partial charge in [0.2, 0.25) is 11.8 Å². The summed E-state index contributed by atoms with van der Waals surface area (Å²) in [5.41, 5.74) is 1.59. The molecule has 2 fully saturated rings. The number of hydrogen-bond acceptors (Lipinski definition) is 6. The summed E-state index contributed by atoms with van der Waals surface area (Å²) in [6.07, 6.45) is 2.44. The summed E-state index contributed by atoms with van der Waals surface area (Å²) in [6, 6.07) is 4.89. The van der Waals surface area contributed by atoms with Crippen LogP contribution in [0.2, 0.25) is 0 Å². The van der Waals surface area contributed by atoms with Crippen LogP contribution in [-0.2, 0) is 9.59 Å². The molecule has 1 aromatic rings. The molecule has 8 heteroatoms. The Bertz CT molecular complexity index is 889. The third-order valence-electron chi connectivity index (χ3n) is 6.22. The van der Waals surface area contributed by atoms with Gasteiger partial charge in [0.15, 0.2) is 0 Å². The van der Waals surface area contributed by atoms with E-state index in [1.165, 1.54) is 0 Å². The number of carbonyl (C=O) groups is 4. The highest BCUT2D eigenvalue weighted by Gasteiger charge is 2.44. The first kappa shape index (κ1) is 20.5. The Morgan fingerprint density at radius 2 is 1.73 bits per heavy atom. The highest BCUT2D eigenvalue weighted by molar-refractivity contribution is 6.23. The molecule has 3 aliphatic rings. The lowest BCUT2D eigenvalue weighted by Crippen LogP contribution is -2.54. The number of benzene rings is 1. The molecule has 1 aromatic carbocycles. The van der Waals surface area contributed by atoms with Gasteiger partial charge in [0, 0.05) is 31.2 Å². The second kappa shape index (κ2) is 8.18. The molecule has 3 heterocycles. The van der Waals surface area contributed by atoms with Crippen molar-refractivity contribution in [3.05, 3.63) is 29.3 Å². The van der Waals surface area contributed by atoms with Crippen molar-refractivity contribution in [3.8, 4) is 0 Å². The van der Waals surface area contributed by atoms with E-state index in [9.17, 15) is 19.2 Å². The van der Waals surface area contributed by atoms with E-state index in [2.05, 4.69) is 29.4 Å². The molecule has 4 amide bonds. The van der Waals surface area contributed by atoms with Crippen LogP contribution in [0.5, 0.6) is 0 Å². The van der Waals surface area contributed by atoms with Crippen molar-refractivity contribution < 1.29 is 19.2 Å². The van der Waals surface area contributed by atoms with E-state index < -0.39 is 23.8 Å². The van der Waals surface area contributed by atoms with Gasteiger partial charge in [-0.05, 0) is 49.9 Å². The SMILES string of the molecule is CC(C)NCC1CCN(c2ccc3c(c2)C(=O)N(C2CCC(=O)NC2=O)C3=O)CC1. The van der Waals surface area contributed by atoms with Crippen LogP contribution in [0.4, 0.5) is 5.69 Å². The van der Waals surface area contributed by atoms with Gasteiger partial charge >= 0.3 is 0 Å². The normalized spacial score (nSPS) is 22.7. The molecule has 0 bridgehead atoms. The molecule has 8 nitrogen and oxygen atoms in total. The van der Waals surface area contributed by atoms with Crippen LogP contribution < -0.4 is 15.5 Å². The third kappa shape index (κ3) is 3.84. The average molecular weight is 412 g/mol. The van der Waals surface area contributed by atoms with E-state index in [1.54, 1.807) is 12.1 Å². The number of anilines is 1. The lowest BCUT2D eigenvalue weighted by atomic mass is 9.95. The van der Waals surface area contributed by atoms with Crippen LogP contribution in [0.15, 0.2) is 18.2 Å². The van der Waals surface area contributed by atoms with Gasteiger partial charge < -0.3 is 10.2 Å². The van der Waals surface area contributed by atoms with E-state index in [0.29, 0.717) is 23.1 Å². The smallest absolute Gasteiger partial charge is 0.262 e. The first-order valence-electron chi connectivity index (χ1n) is 10.7. The molecular weight excluding hydrogens is 384 g/mol. The minimum Gasteiger partial charge on any atom is -0.371 e. The Balaban J connectivity index is 1.46. The molecule has 0 radical (unpaired) electrons. The molecule has 0 spiro atoms. The Morgan fingerprint density at radius 3 is 2.40 bits per heavy atom. The molecule has 4 rings (SSSR count). The quantitative estimate of drug-likeness (QED) is 0.708. The lowest BCUT2D eigenvalue weighted by molar-refractivity contribution is -0.136. The zero-order valence-corrected chi connectivity index (χ0v) is 17.4. The van der Waals surface area contributed by atoms with Crippen LogP contribution in [0, 0.1) is 5.92 Å². The minimum atomic E-state index is -0.928. The minimum absolute atomic E-state index is 0.121. The van der Waals surface area contributed by atoms with Gasteiger partial charge in [-0.3, -0.25) is 29.4 Å². The van der Waals surface area contributed by atoms with Gasteiger partial charge in [-0.25, -0.2) is 0 Å². The number of imide groups is 2. The fraction of sp³-hybridized carbons (Fsp3) is 0.545. The Hall–Kier alpha value is -2.74. The average Bonchev–Trinajstić information content (AvgIpc) is 2.97. The standard InChI is InChI=1S/C22H28N4O4/c1-13(2)23-12-14-7-9-25(10-8-14)15-3-4-16-17(11-15)22(30)26(21(16)29)18-5-6-19(27)24-20(18)28/h3-4,11,13-14,18,23H,5-10,12H2,1-2H3,(H,24,27,28). The molecule has 160 valence electrons. The van der Waals surface area contributed by atoms with Crippen LogP contribution in [0.25, 0.3) is 0 Å². The first-order valence-corrected chi connectivity index (χ1v) is 10.7. The van der Waals surface area contributed by atoms with E-state index in [-0.39, 0.29) is 18.7 Å². The number of rotatable bonds is 5. The summed E-state index contributed by atoms with van der Waals surface area (Å²) in [6.45, 7) is 7.13. The zero-order chi connectivity index (χ0) is 21.4. The van der Waals surface area contributed by atoms with Crippen LogP contribution in [-0.4, -0.2) is 60.2 Å². The van der Waals surface area contributed by atoms with Crippen LogP contribution in [0.3, 0.4) is 0 Å². The van der Waals surface area contributed by atoms with Crippen molar-refractivity contribution in [3.63, 3.8) is 0 Å². The second-order valence-electron chi connectivity index (χ2n) is 8.67. The molecule has 2 saturated heterocycles. The van der Waals surface area contributed by atoms with Gasteiger partial charge in [-0.2, -0.15) is 0 Å². The number of carbonyl (C=O) groups excluding carboxylic acids is 4. The second-order valence-corrected chi connectivity index (χ2v) is 8.67. The molecule has 1 atom stereocenters. The Kier molecular flexibility index (Phi) is 5.60. The van der Waals surface area contributed by atoms with E-state index >= 15 is 0 Å². The van der Waals surface area contributed by atoms with Gasteiger partial charge in [0.25, 0.3) is 11.8 Å². The largest absolute Gasteiger partial charge is 0.371 e. The summed E-state index contributed by atoms with van der Waals surface area (Å²) >= 11 is 0. The number of nitrogens with one attached hydrogen (secondary N) is 2. The molecule has 0 aliphatic carbocycles. The van der Waals surface area contributed by atoms with E-state index in [0.717, 1.165) is 43.1 Å². The molecule has 2 N–H and O–H groups in total. The Morgan fingerprint density at radius 1 is 1.03 bits per heavy atom. The number of amides is 4. The Labute approximate surface area is 176 Å². The predicted molar refractivity (Wildman–Crippen MR) is 111 cm³/mol. The van der Waals surface area contributed by atoms with Crippen molar-refractivity contribution in [2.24, 2.45) is 5.92 Å². The molecule has 0 saturated carbocycles. The molecule has 1 unspecified atom stereocenters. The van der Waals surface area contributed by atoms with Crippen molar-refractivity contribution in [2.45, 2.75) is 51.6 Å². The zero-order valence-electron chi connectivity index (χ0n) is 17.4. The maximum atomic E-state index is 13.0. The summed E-state index contributed by atoms with van der Waals surface area (Å²) in [5.74, 6) is -1.23. The first-order chi connectivity index (χ1) is 14.3. The topological polar surface area (TPSA) is 98.8 Å². The number of fused-ring (bicyclic) bond motifs is 1. The van der Waals surface area contributed by atoms with Crippen LogP contribution in [0.1, 0.15) is 60.2 Å². The number of hydrogen-bond donors (Lipinski definition) is 2. The van der Waals surface area contributed by atoms with Crippen molar-refractivity contribution in [1.29, 1.82) is 0 Å². The van der Waals surface area contributed by atoms with E-state index in [4.69, 9.17) is 0 Å². The molecular formula is C22H28N4O4. The van der Waals surface area contributed by atoms with Gasteiger partial charge in [0.1, 0.15) is 6.04 Å². The molecule has 0 aromatic heterocycles. The summed E-state index contributed by atoms with van der Waals surface area (Å²) in [7, 11) is 0. The van der Waals surface area contributed by atoms with Gasteiger partial charge in [-0.1, -0.05) is 13.8 Å². The van der Waals surface area contributed by atoms with E-state index in [1.807, 2.05) is 6.07 Å². The fourth-order valence-corrected chi connectivity index (χ4v) is 4.45. The monoisotopic (exact) mass is 412 g/mol. The van der Waals surface area contributed by atoms with Crippen molar-refractivity contribution >= 4 is 29.3 Å². The third-order valence-corrected chi connectivity index (χ3v) is 6.22. The summed E-state index contributed by atoms with van der Waals surface area (Å²) in [4.78, 5) is 52.6. The fourth-order valence-electron chi connectivity index (χ4n) is 4.45. The molecule has 30 heavy (non-hydrogen) atoms. The number of piperidine rings is 2. The van der Waals surface area contributed by atoms with Crippen LogP contribution >= 0.6 is 0 Å². The summed E-state index contributed by atoms with van der Waals surface area (Å²) < 4.78 is 0. The summed E-state index contributed by atoms with van der Waals surface area (Å²) in [5, 5.41) is 5.72. The van der Waals surface area contributed by atoms with Crippen molar-refractivity contribution in [2.75, 3.05) is 24.5 Å². The lowest BCUT2D eigenvalue weighted by Gasteiger charge is -2.34. The van der Waals surface area contributed by atoms with Gasteiger partial charge in [0.05, 0.1) is 11.1 Å².